The summed E-state index contributed by atoms with van der Waals surface area (Å²) < 4.78 is 3.33. The highest BCUT2D eigenvalue weighted by Gasteiger charge is 2.13. The highest BCUT2D eigenvalue weighted by atomic mass is 127. The Morgan fingerprint density at radius 1 is 1.50 bits per heavy atom. The third-order valence-corrected chi connectivity index (χ3v) is 4.12. The Morgan fingerprint density at radius 2 is 2.29 bits per heavy atom. The Bertz CT molecular complexity index is 433. The Balaban J connectivity index is 2.52. The molecule has 0 unspecified atom stereocenters. The minimum Gasteiger partial charge on any atom is -0.310 e. The van der Waals surface area contributed by atoms with Gasteiger partial charge in [0.2, 0.25) is 0 Å². The van der Waals surface area contributed by atoms with Crippen LogP contribution in [0.3, 0.4) is 0 Å². The monoisotopic (exact) mass is 319 g/mol. The van der Waals surface area contributed by atoms with Crippen LogP contribution in [0, 0.1) is 3.57 Å². The van der Waals surface area contributed by atoms with Crippen molar-refractivity contribution in [3.63, 3.8) is 0 Å². The van der Waals surface area contributed by atoms with Crippen molar-refractivity contribution < 1.29 is 0 Å². The number of halogens is 1. The van der Waals surface area contributed by atoms with Gasteiger partial charge in [-0.1, -0.05) is 0 Å². The molecule has 0 bridgehead atoms. The first-order valence-corrected chi connectivity index (χ1v) is 6.29. The molecule has 0 amide bonds. The average Bonchev–Trinajstić information content (AvgIpc) is 2.70. The summed E-state index contributed by atoms with van der Waals surface area (Å²) in [5.41, 5.74) is 0. The maximum absolute atomic E-state index is 4.16. The van der Waals surface area contributed by atoms with Crippen molar-refractivity contribution in [2.75, 3.05) is 0 Å². The smallest absolute Gasteiger partial charge is 0.175 e. The van der Waals surface area contributed by atoms with E-state index in [1.54, 1.807) is 17.7 Å². The van der Waals surface area contributed by atoms with Gasteiger partial charge in [-0.05, 0) is 47.9 Å². The van der Waals surface area contributed by atoms with Crippen molar-refractivity contribution in [2.24, 2.45) is 0 Å². The van der Waals surface area contributed by atoms with Gasteiger partial charge in [-0.3, -0.25) is 0 Å². The van der Waals surface area contributed by atoms with Gasteiger partial charge in [-0.2, -0.15) is 0 Å². The minimum absolute atomic E-state index is 0.401. The van der Waals surface area contributed by atoms with Gasteiger partial charge in [-0.25, -0.2) is 0 Å². The Kier molecular flexibility index (Phi) is 2.87. The molecule has 5 heteroatoms. The number of aromatic nitrogens is 3. The van der Waals surface area contributed by atoms with Gasteiger partial charge in [0, 0.05) is 9.61 Å². The zero-order chi connectivity index (χ0) is 10.1. The van der Waals surface area contributed by atoms with Gasteiger partial charge < -0.3 is 4.57 Å². The standard InChI is InChI=1S/C9H10IN3S/c1-6(2)13-5-11-12-9(13)8-7(10)3-4-14-8/h3-6H,1-2H3. The molecule has 0 aliphatic carbocycles. The van der Waals surface area contributed by atoms with E-state index < -0.39 is 0 Å². The molecule has 0 fully saturated rings. The molecule has 3 nitrogen and oxygen atoms in total. The molecule has 0 radical (unpaired) electrons. The second kappa shape index (κ2) is 3.98. The zero-order valence-electron chi connectivity index (χ0n) is 7.94. The van der Waals surface area contributed by atoms with Crippen LogP contribution in [0.25, 0.3) is 10.7 Å². The van der Waals surface area contributed by atoms with Gasteiger partial charge in [0.25, 0.3) is 0 Å². The second-order valence-electron chi connectivity index (χ2n) is 3.25. The maximum Gasteiger partial charge on any atom is 0.175 e. The lowest BCUT2D eigenvalue weighted by Crippen LogP contribution is -2.01. The molecule has 0 spiro atoms. The molecule has 0 atom stereocenters. The first kappa shape index (κ1) is 10.1. The fourth-order valence-electron chi connectivity index (χ4n) is 1.24. The van der Waals surface area contributed by atoms with Gasteiger partial charge in [0.05, 0.1) is 4.88 Å². The van der Waals surface area contributed by atoms with Crippen LogP contribution in [0.5, 0.6) is 0 Å². The Labute approximate surface area is 100 Å². The van der Waals surface area contributed by atoms with E-state index in [1.165, 1.54) is 8.45 Å². The van der Waals surface area contributed by atoms with Gasteiger partial charge in [0.1, 0.15) is 6.33 Å². The quantitative estimate of drug-likeness (QED) is 0.796. The fourth-order valence-corrected chi connectivity index (χ4v) is 3.06. The van der Waals surface area contributed by atoms with Crippen molar-refractivity contribution in [3.8, 4) is 10.7 Å². The van der Waals surface area contributed by atoms with Crippen LogP contribution in [0.1, 0.15) is 19.9 Å². The molecule has 0 aliphatic heterocycles. The average molecular weight is 319 g/mol. The molecule has 74 valence electrons. The number of hydrogen-bond donors (Lipinski definition) is 0. The summed E-state index contributed by atoms with van der Waals surface area (Å²) in [5.74, 6) is 0.972. The number of rotatable bonds is 2. The SMILES string of the molecule is CC(C)n1cnnc1-c1sccc1I. The molecule has 2 aromatic heterocycles. The highest BCUT2D eigenvalue weighted by Crippen LogP contribution is 2.30. The van der Waals surface area contributed by atoms with E-state index in [9.17, 15) is 0 Å². The summed E-state index contributed by atoms with van der Waals surface area (Å²) in [7, 11) is 0. The van der Waals surface area contributed by atoms with Crippen molar-refractivity contribution in [1.29, 1.82) is 0 Å². The molecule has 0 aliphatic rings. The minimum atomic E-state index is 0.401. The largest absolute Gasteiger partial charge is 0.310 e. The topological polar surface area (TPSA) is 30.7 Å². The third-order valence-electron chi connectivity index (χ3n) is 1.95. The molecule has 0 aromatic carbocycles. The summed E-state index contributed by atoms with van der Waals surface area (Å²) >= 11 is 4.03. The van der Waals surface area contributed by atoms with Crippen molar-refractivity contribution in [3.05, 3.63) is 21.3 Å². The van der Waals surface area contributed by atoms with Crippen molar-refractivity contribution >= 4 is 33.9 Å². The van der Waals surface area contributed by atoms with Crippen LogP contribution in [-0.4, -0.2) is 14.8 Å². The highest BCUT2D eigenvalue weighted by molar-refractivity contribution is 14.1. The van der Waals surface area contributed by atoms with Crippen LogP contribution < -0.4 is 0 Å². The summed E-state index contributed by atoms with van der Waals surface area (Å²) in [6.45, 7) is 4.26. The second-order valence-corrected chi connectivity index (χ2v) is 5.33. The van der Waals surface area contributed by atoms with Crippen LogP contribution in [0.4, 0.5) is 0 Å². The van der Waals surface area contributed by atoms with Crippen LogP contribution >= 0.6 is 33.9 Å². The normalized spacial score (nSPS) is 11.1. The molecule has 2 heterocycles. The summed E-state index contributed by atoms with van der Waals surface area (Å²) in [6.07, 6.45) is 1.79. The lowest BCUT2D eigenvalue weighted by molar-refractivity contribution is 0.604. The van der Waals surface area contributed by atoms with Gasteiger partial charge in [-0.15, -0.1) is 21.5 Å². The van der Waals surface area contributed by atoms with Gasteiger partial charge >= 0.3 is 0 Å². The van der Waals surface area contributed by atoms with Crippen molar-refractivity contribution in [2.45, 2.75) is 19.9 Å². The van der Waals surface area contributed by atoms with E-state index in [-0.39, 0.29) is 0 Å². The Morgan fingerprint density at radius 3 is 2.86 bits per heavy atom. The van der Waals surface area contributed by atoms with E-state index in [2.05, 4.69) is 62.6 Å². The molecule has 14 heavy (non-hydrogen) atoms. The summed E-state index contributed by atoms with van der Waals surface area (Å²) in [6, 6.07) is 2.50. The lowest BCUT2D eigenvalue weighted by atomic mass is 10.3. The van der Waals surface area contributed by atoms with E-state index in [4.69, 9.17) is 0 Å². The molecule has 0 N–H and O–H groups in total. The molecule has 0 saturated heterocycles. The van der Waals surface area contributed by atoms with Crippen molar-refractivity contribution in [1.82, 2.24) is 14.8 Å². The fraction of sp³-hybridized carbons (Fsp3) is 0.333. The maximum atomic E-state index is 4.16. The van der Waals surface area contributed by atoms with Crippen LogP contribution in [0.2, 0.25) is 0 Å². The lowest BCUT2D eigenvalue weighted by Gasteiger charge is -2.08. The van der Waals surface area contributed by atoms with Crippen LogP contribution in [-0.2, 0) is 0 Å². The Hall–Kier alpha value is -0.430. The number of hydrogen-bond acceptors (Lipinski definition) is 3. The molecule has 2 aromatic rings. The van der Waals surface area contributed by atoms with Crippen LogP contribution in [0.15, 0.2) is 17.8 Å². The number of nitrogens with zero attached hydrogens (tertiary/aromatic N) is 3. The number of thiophene rings is 1. The van der Waals surface area contributed by atoms with Gasteiger partial charge in [0.15, 0.2) is 5.82 Å². The predicted molar refractivity (Wildman–Crippen MR) is 66.4 cm³/mol. The molecular formula is C9H10IN3S. The van der Waals surface area contributed by atoms with E-state index >= 15 is 0 Å². The van der Waals surface area contributed by atoms with E-state index in [0.29, 0.717) is 6.04 Å². The third kappa shape index (κ3) is 1.70. The summed E-state index contributed by atoms with van der Waals surface area (Å²) in [4.78, 5) is 1.21. The van der Waals surface area contributed by atoms with E-state index in [1.807, 2.05) is 0 Å². The molecular weight excluding hydrogens is 309 g/mol. The first-order chi connectivity index (χ1) is 6.70. The first-order valence-electron chi connectivity index (χ1n) is 4.33. The zero-order valence-corrected chi connectivity index (χ0v) is 10.9. The summed E-state index contributed by atoms with van der Waals surface area (Å²) in [5, 5.41) is 10.2. The molecule has 2 rings (SSSR count). The predicted octanol–water partition coefficient (Wildman–Crippen LogP) is 3.19. The van der Waals surface area contributed by atoms with E-state index in [0.717, 1.165) is 5.82 Å². The molecule has 0 saturated carbocycles.